The summed E-state index contributed by atoms with van der Waals surface area (Å²) in [5.74, 6) is 1.43. The van der Waals surface area contributed by atoms with E-state index in [0.29, 0.717) is 11.5 Å². The average molecular weight is 358 g/mol. The summed E-state index contributed by atoms with van der Waals surface area (Å²) in [5.41, 5.74) is 9.18. The van der Waals surface area contributed by atoms with Crippen LogP contribution in [0.15, 0.2) is 50.8 Å². The lowest BCUT2D eigenvalue weighted by Gasteiger charge is -2.06. The molecule has 0 saturated carbocycles. The predicted octanol–water partition coefficient (Wildman–Crippen LogP) is 6.63. The van der Waals surface area contributed by atoms with Crippen molar-refractivity contribution < 1.29 is 4.42 Å². The molecule has 0 radical (unpaired) electrons. The number of furan rings is 1. The lowest BCUT2D eigenvalue weighted by atomic mass is 10.1. The van der Waals surface area contributed by atoms with Crippen LogP contribution in [0.4, 0.5) is 11.4 Å². The van der Waals surface area contributed by atoms with Gasteiger partial charge in [0.05, 0.1) is 23.8 Å². The number of hydrogen-bond acceptors (Lipinski definition) is 3. The Morgan fingerprint density at radius 1 is 0.593 bits per heavy atom. The normalized spacial score (nSPS) is 11.8. The molecule has 3 nitrogen and oxygen atoms in total. The van der Waals surface area contributed by atoms with Gasteiger partial charge in [-0.3, -0.25) is 9.98 Å². The first-order valence-corrected chi connectivity index (χ1v) is 9.17. The molecule has 0 spiro atoms. The molecule has 2 aromatic carbocycles. The molecule has 1 aromatic heterocycles. The summed E-state index contributed by atoms with van der Waals surface area (Å²) in [6.07, 6.45) is 3.54. The molecule has 3 rings (SSSR count). The van der Waals surface area contributed by atoms with Gasteiger partial charge in [-0.15, -0.1) is 0 Å². The molecule has 0 saturated heterocycles. The largest absolute Gasteiger partial charge is 0.454 e. The van der Waals surface area contributed by atoms with E-state index in [1.165, 1.54) is 33.4 Å². The van der Waals surface area contributed by atoms with Crippen molar-refractivity contribution in [2.24, 2.45) is 9.98 Å². The van der Waals surface area contributed by atoms with Crippen LogP contribution < -0.4 is 0 Å². The molecule has 0 aliphatic heterocycles. The predicted molar refractivity (Wildman–Crippen MR) is 115 cm³/mol. The van der Waals surface area contributed by atoms with E-state index in [9.17, 15) is 0 Å². The SMILES string of the molecule is Cc1cc(C)c(N=Cc2ccc(C=Nc3c(C)cc(C)cc3C)o2)c(C)c1. The minimum atomic E-state index is 0.716. The number of rotatable bonds is 4. The Morgan fingerprint density at radius 2 is 0.926 bits per heavy atom. The molecule has 0 unspecified atom stereocenters. The highest BCUT2D eigenvalue weighted by Crippen LogP contribution is 2.26. The van der Waals surface area contributed by atoms with Crippen LogP contribution in [-0.2, 0) is 0 Å². The van der Waals surface area contributed by atoms with E-state index in [0.717, 1.165) is 11.4 Å². The Morgan fingerprint density at radius 3 is 1.26 bits per heavy atom. The van der Waals surface area contributed by atoms with Crippen molar-refractivity contribution in [2.45, 2.75) is 41.5 Å². The van der Waals surface area contributed by atoms with Gasteiger partial charge in [0.1, 0.15) is 11.5 Å². The first-order valence-electron chi connectivity index (χ1n) is 9.17. The number of aryl methyl sites for hydroxylation is 6. The highest BCUT2D eigenvalue weighted by molar-refractivity contribution is 5.84. The zero-order valence-electron chi connectivity index (χ0n) is 16.9. The van der Waals surface area contributed by atoms with Crippen molar-refractivity contribution in [3.8, 4) is 0 Å². The minimum Gasteiger partial charge on any atom is -0.454 e. The molecule has 0 atom stereocenters. The van der Waals surface area contributed by atoms with Gasteiger partial charge in [0, 0.05) is 0 Å². The smallest absolute Gasteiger partial charge is 0.145 e. The van der Waals surface area contributed by atoms with Crippen molar-refractivity contribution >= 4 is 23.8 Å². The van der Waals surface area contributed by atoms with Crippen LogP contribution >= 0.6 is 0 Å². The summed E-state index contributed by atoms with van der Waals surface area (Å²) in [6, 6.07) is 12.4. The lowest BCUT2D eigenvalue weighted by molar-refractivity contribution is 0.553. The van der Waals surface area contributed by atoms with Gasteiger partial charge in [0.25, 0.3) is 0 Å². The molecule has 27 heavy (non-hydrogen) atoms. The van der Waals surface area contributed by atoms with Crippen LogP contribution in [-0.4, -0.2) is 12.4 Å². The van der Waals surface area contributed by atoms with E-state index >= 15 is 0 Å². The monoisotopic (exact) mass is 358 g/mol. The van der Waals surface area contributed by atoms with Gasteiger partial charge < -0.3 is 4.42 Å². The third-order valence-corrected chi connectivity index (χ3v) is 4.56. The quantitative estimate of drug-likeness (QED) is 0.482. The Hall–Kier alpha value is -2.94. The Kier molecular flexibility index (Phi) is 5.41. The maximum Gasteiger partial charge on any atom is 0.145 e. The van der Waals surface area contributed by atoms with Crippen molar-refractivity contribution in [1.29, 1.82) is 0 Å². The number of benzene rings is 2. The van der Waals surface area contributed by atoms with E-state index in [-0.39, 0.29) is 0 Å². The van der Waals surface area contributed by atoms with Gasteiger partial charge in [0.2, 0.25) is 0 Å². The van der Waals surface area contributed by atoms with Crippen LogP contribution in [0.5, 0.6) is 0 Å². The summed E-state index contributed by atoms with van der Waals surface area (Å²) < 4.78 is 5.84. The van der Waals surface area contributed by atoms with Gasteiger partial charge in [-0.1, -0.05) is 35.4 Å². The minimum absolute atomic E-state index is 0.716. The Bertz CT molecular complexity index is 910. The third kappa shape index (κ3) is 4.43. The Balaban J connectivity index is 1.80. The molecule has 0 N–H and O–H groups in total. The molecular formula is C24H26N2O. The fourth-order valence-electron chi connectivity index (χ4n) is 3.52. The molecule has 138 valence electrons. The lowest BCUT2D eigenvalue weighted by Crippen LogP contribution is -1.85. The summed E-state index contributed by atoms with van der Waals surface area (Å²) in [5, 5.41) is 0. The Labute approximate surface area is 161 Å². The molecule has 3 heteroatoms. The molecule has 0 amide bonds. The van der Waals surface area contributed by atoms with E-state index in [1.807, 2.05) is 12.1 Å². The maximum atomic E-state index is 5.84. The van der Waals surface area contributed by atoms with Gasteiger partial charge in [0.15, 0.2) is 0 Å². The highest BCUT2D eigenvalue weighted by atomic mass is 16.3. The van der Waals surface area contributed by atoms with Crippen molar-refractivity contribution in [3.63, 3.8) is 0 Å². The standard InChI is InChI=1S/C24H26N2O/c1-15-9-17(3)23(18(4)10-15)25-13-21-7-8-22(27-21)14-26-24-19(5)11-16(2)12-20(24)6/h7-14H,1-6H3. The summed E-state index contributed by atoms with van der Waals surface area (Å²) in [7, 11) is 0. The van der Waals surface area contributed by atoms with Crippen LogP contribution in [0, 0.1) is 41.5 Å². The zero-order chi connectivity index (χ0) is 19.6. The topological polar surface area (TPSA) is 37.9 Å². The van der Waals surface area contributed by atoms with Gasteiger partial charge in [-0.2, -0.15) is 0 Å². The number of nitrogens with zero attached hydrogens (tertiary/aromatic N) is 2. The van der Waals surface area contributed by atoms with Gasteiger partial charge in [-0.05, 0) is 75.9 Å². The summed E-state index contributed by atoms with van der Waals surface area (Å²) >= 11 is 0. The second-order valence-corrected chi connectivity index (χ2v) is 7.25. The second kappa shape index (κ2) is 7.75. The molecule has 0 aliphatic rings. The maximum absolute atomic E-state index is 5.84. The number of aliphatic imine (C=N–C) groups is 2. The fourth-order valence-corrected chi connectivity index (χ4v) is 3.52. The summed E-state index contributed by atoms with van der Waals surface area (Å²) in [6.45, 7) is 12.5. The third-order valence-electron chi connectivity index (χ3n) is 4.56. The molecule has 0 aliphatic carbocycles. The zero-order valence-corrected chi connectivity index (χ0v) is 16.9. The average Bonchev–Trinajstić information content (AvgIpc) is 3.00. The van der Waals surface area contributed by atoms with E-state index in [4.69, 9.17) is 4.42 Å². The first-order chi connectivity index (χ1) is 12.8. The van der Waals surface area contributed by atoms with E-state index < -0.39 is 0 Å². The summed E-state index contributed by atoms with van der Waals surface area (Å²) in [4.78, 5) is 9.25. The van der Waals surface area contributed by atoms with Gasteiger partial charge in [-0.25, -0.2) is 0 Å². The van der Waals surface area contributed by atoms with Crippen LogP contribution in [0.25, 0.3) is 0 Å². The molecule has 3 aromatic rings. The van der Waals surface area contributed by atoms with Crippen molar-refractivity contribution in [2.75, 3.05) is 0 Å². The molecule has 0 bridgehead atoms. The van der Waals surface area contributed by atoms with Crippen LogP contribution in [0.2, 0.25) is 0 Å². The van der Waals surface area contributed by atoms with Gasteiger partial charge >= 0.3 is 0 Å². The van der Waals surface area contributed by atoms with E-state index in [1.54, 1.807) is 12.4 Å². The fraction of sp³-hybridized carbons (Fsp3) is 0.250. The van der Waals surface area contributed by atoms with Crippen LogP contribution in [0.3, 0.4) is 0 Å². The van der Waals surface area contributed by atoms with Crippen molar-refractivity contribution in [1.82, 2.24) is 0 Å². The molecule has 1 heterocycles. The highest BCUT2D eigenvalue weighted by Gasteiger charge is 2.04. The first kappa shape index (κ1) is 18.8. The second-order valence-electron chi connectivity index (χ2n) is 7.25. The van der Waals surface area contributed by atoms with Crippen LogP contribution in [0.1, 0.15) is 44.9 Å². The van der Waals surface area contributed by atoms with Crippen molar-refractivity contribution in [3.05, 3.63) is 81.3 Å². The molecular weight excluding hydrogens is 332 g/mol. The number of hydrogen-bond donors (Lipinski definition) is 0. The van der Waals surface area contributed by atoms with E-state index in [2.05, 4.69) is 75.8 Å². The molecule has 0 fully saturated rings.